The van der Waals surface area contributed by atoms with Crippen LogP contribution in [0.25, 0.3) is 0 Å². The zero-order chi connectivity index (χ0) is 19.1. The summed E-state index contributed by atoms with van der Waals surface area (Å²) in [6.07, 6.45) is 0. The van der Waals surface area contributed by atoms with Crippen LogP contribution in [-0.4, -0.2) is 25.7 Å². The Morgan fingerprint density at radius 2 is 1.54 bits per heavy atom. The van der Waals surface area contributed by atoms with Gasteiger partial charge in [0.05, 0.1) is 19.8 Å². The molecule has 1 aromatic heterocycles. The Hall–Kier alpha value is -2.63. The van der Waals surface area contributed by atoms with Crippen molar-refractivity contribution >= 4 is 5.91 Å². The van der Waals surface area contributed by atoms with Gasteiger partial charge in [-0.05, 0) is 52.8 Å². The first-order valence-electron chi connectivity index (χ1n) is 8.90. The van der Waals surface area contributed by atoms with Crippen LogP contribution in [-0.2, 0) is 6.54 Å². The molecule has 26 heavy (non-hydrogen) atoms. The van der Waals surface area contributed by atoms with E-state index in [-0.39, 0.29) is 5.91 Å². The topological polar surface area (TPSA) is 69.9 Å². The van der Waals surface area contributed by atoms with Gasteiger partial charge in [-0.1, -0.05) is 0 Å². The smallest absolute Gasteiger partial charge is 0.251 e. The highest BCUT2D eigenvalue weighted by molar-refractivity contribution is 5.95. The highest BCUT2D eigenvalue weighted by atomic mass is 16.5. The molecule has 6 nitrogen and oxygen atoms in total. The van der Waals surface area contributed by atoms with Crippen molar-refractivity contribution < 1.29 is 23.4 Å². The molecule has 1 heterocycles. The first-order chi connectivity index (χ1) is 12.5. The van der Waals surface area contributed by atoms with E-state index in [0.717, 1.165) is 17.1 Å². The van der Waals surface area contributed by atoms with E-state index in [1.165, 1.54) is 0 Å². The van der Waals surface area contributed by atoms with Gasteiger partial charge >= 0.3 is 0 Å². The molecular weight excluding hydrogens is 334 g/mol. The minimum absolute atomic E-state index is 0.215. The highest BCUT2D eigenvalue weighted by Gasteiger charge is 2.18. The number of benzene rings is 1. The van der Waals surface area contributed by atoms with Gasteiger partial charge in [-0.3, -0.25) is 4.79 Å². The molecule has 1 aromatic carbocycles. The summed E-state index contributed by atoms with van der Waals surface area (Å²) < 4.78 is 22.5. The zero-order valence-corrected chi connectivity index (χ0v) is 16.1. The van der Waals surface area contributed by atoms with Crippen molar-refractivity contribution in [3.8, 4) is 17.2 Å². The molecule has 0 aliphatic heterocycles. The number of carbonyl (C=O) groups excluding carboxylic acids is 1. The second-order valence-corrected chi connectivity index (χ2v) is 5.72. The third-order valence-electron chi connectivity index (χ3n) is 3.75. The minimum Gasteiger partial charge on any atom is -0.490 e. The van der Waals surface area contributed by atoms with Crippen LogP contribution in [0.1, 0.15) is 48.2 Å². The van der Waals surface area contributed by atoms with Crippen molar-refractivity contribution in [1.29, 1.82) is 0 Å². The minimum atomic E-state index is -0.215. The molecule has 0 radical (unpaired) electrons. The van der Waals surface area contributed by atoms with Crippen molar-refractivity contribution in [1.82, 2.24) is 5.32 Å². The number of furan rings is 1. The van der Waals surface area contributed by atoms with Crippen LogP contribution in [0, 0.1) is 13.8 Å². The van der Waals surface area contributed by atoms with Crippen molar-refractivity contribution in [3.05, 3.63) is 40.8 Å². The summed E-state index contributed by atoms with van der Waals surface area (Å²) in [5.74, 6) is 2.94. The molecule has 0 saturated heterocycles. The van der Waals surface area contributed by atoms with Crippen LogP contribution in [0.5, 0.6) is 17.2 Å². The summed E-state index contributed by atoms with van der Waals surface area (Å²) in [6, 6.07) is 5.28. The maximum atomic E-state index is 12.6. The molecule has 2 rings (SSSR count). The largest absolute Gasteiger partial charge is 0.490 e. The van der Waals surface area contributed by atoms with Gasteiger partial charge in [0.25, 0.3) is 5.91 Å². The lowest BCUT2D eigenvalue weighted by molar-refractivity contribution is 0.0949. The Balaban J connectivity index is 2.25. The van der Waals surface area contributed by atoms with E-state index in [0.29, 0.717) is 49.2 Å². The number of rotatable bonds is 9. The average Bonchev–Trinajstić information content (AvgIpc) is 2.93. The van der Waals surface area contributed by atoms with Gasteiger partial charge in [0.15, 0.2) is 11.5 Å². The lowest BCUT2D eigenvalue weighted by Crippen LogP contribution is -2.23. The standard InChI is InChI=1S/C20H27NO5/c1-6-23-17-10-15(11-18(24-7-2)19(17)25-8-3)20(22)21-12-16-9-13(4)26-14(16)5/h9-11H,6-8,12H2,1-5H3,(H,21,22). The number of amides is 1. The molecule has 0 spiro atoms. The number of hydrogen-bond donors (Lipinski definition) is 1. The second-order valence-electron chi connectivity index (χ2n) is 5.72. The summed E-state index contributed by atoms with van der Waals surface area (Å²) >= 11 is 0. The van der Waals surface area contributed by atoms with E-state index < -0.39 is 0 Å². The van der Waals surface area contributed by atoms with Crippen LogP contribution in [0.2, 0.25) is 0 Å². The predicted molar refractivity (Wildman–Crippen MR) is 99.3 cm³/mol. The van der Waals surface area contributed by atoms with Gasteiger partial charge in [-0.25, -0.2) is 0 Å². The molecular formula is C20H27NO5. The van der Waals surface area contributed by atoms with Gasteiger partial charge in [-0.15, -0.1) is 0 Å². The Labute approximate surface area is 154 Å². The van der Waals surface area contributed by atoms with Gasteiger partial charge in [0.1, 0.15) is 11.5 Å². The van der Waals surface area contributed by atoms with Crippen LogP contribution in [0.4, 0.5) is 0 Å². The van der Waals surface area contributed by atoms with Crippen molar-refractivity contribution in [2.24, 2.45) is 0 Å². The maximum Gasteiger partial charge on any atom is 0.251 e. The first-order valence-corrected chi connectivity index (χ1v) is 8.90. The van der Waals surface area contributed by atoms with E-state index in [1.54, 1.807) is 12.1 Å². The number of hydrogen-bond acceptors (Lipinski definition) is 5. The molecule has 1 amide bonds. The van der Waals surface area contributed by atoms with E-state index in [2.05, 4.69) is 5.32 Å². The number of aryl methyl sites for hydroxylation is 2. The third kappa shape index (κ3) is 4.71. The molecule has 6 heteroatoms. The Bertz CT molecular complexity index is 724. The fourth-order valence-corrected chi connectivity index (χ4v) is 2.66. The number of ether oxygens (including phenoxy) is 3. The molecule has 2 aromatic rings. The molecule has 0 unspecified atom stereocenters. The molecule has 0 saturated carbocycles. The fourth-order valence-electron chi connectivity index (χ4n) is 2.66. The summed E-state index contributed by atoms with van der Waals surface area (Å²) in [5.41, 5.74) is 1.41. The molecule has 0 aliphatic carbocycles. The van der Waals surface area contributed by atoms with Crippen LogP contribution >= 0.6 is 0 Å². The fraction of sp³-hybridized carbons (Fsp3) is 0.450. The molecule has 0 bridgehead atoms. The summed E-state index contributed by atoms with van der Waals surface area (Å²) in [7, 11) is 0. The highest BCUT2D eigenvalue weighted by Crippen LogP contribution is 2.39. The third-order valence-corrected chi connectivity index (χ3v) is 3.75. The summed E-state index contributed by atoms with van der Waals surface area (Å²) in [4.78, 5) is 12.6. The lowest BCUT2D eigenvalue weighted by Gasteiger charge is -2.17. The Morgan fingerprint density at radius 1 is 0.962 bits per heavy atom. The Morgan fingerprint density at radius 3 is 2.00 bits per heavy atom. The zero-order valence-electron chi connectivity index (χ0n) is 16.1. The predicted octanol–water partition coefficient (Wildman–Crippen LogP) is 4.02. The van der Waals surface area contributed by atoms with Gasteiger partial charge in [0.2, 0.25) is 5.75 Å². The number of nitrogens with one attached hydrogen (secondary N) is 1. The lowest BCUT2D eigenvalue weighted by atomic mass is 10.1. The normalized spacial score (nSPS) is 10.5. The molecule has 0 aliphatic rings. The van der Waals surface area contributed by atoms with E-state index in [1.807, 2.05) is 40.7 Å². The second kappa shape index (κ2) is 9.17. The van der Waals surface area contributed by atoms with Crippen LogP contribution in [0.3, 0.4) is 0 Å². The molecule has 0 atom stereocenters. The van der Waals surface area contributed by atoms with Crippen molar-refractivity contribution in [2.45, 2.75) is 41.2 Å². The van der Waals surface area contributed by atoms with Gasteiger partial charge < -0.3 is 23.9 Å². The Kier molecular flexibility index (Phi) is 6.95. The SMILES string of the molecule is CCOc1cc(C(=O)NCc2cc(C)oc2C)cc(OCC)c1OCC. The van der Waals surface area contributed by atoms with E-state index in [9.17, 15) is 4.79 Å². The number of carbonyl (C=O) groups is 1. The quantitative estimate of drug-likeness (QED) is 0.730. The first kappa shape index (κ1) is 19.7. The van der Waals surface area contributed by atoms with E-state index in [4.69, 9.17) is 18.6 Å². The van der Waals surface area contributed by atoms with E-state index >= 15 is 0 Å². The average molecular weight is 361 g/mol. The van der Waals surface area contributed by atoms with Crippen LogP contribution in [0.15, 0.2) is 22.6 Å². The van der Waals surface area contributed by atoms with Gasteiger partial charge in [0, 0.05) is 17.7 Å². The van der Waals surface area contributed by atoms with Gasteiger partial charge in [-0.2, -0.15) is 0 Å². The monoisotopic (exact) mass is 361 g/mol. The molecule has 142 valence electrons. The van der Waals surface area contributed by atoms with Crippen molar-refractivity contribution in [2.75, 3.05) is 19.8 Å². The molecule has 1 N–H and O–H groups in total. The molecule has 0 fully saturated rings. The van der Waals surface area contributed by atoms with Crippen molar-refractivity contribution in [3.63, 3.8) is 0 Å². The van der Waals surface area contributed by atoms with Crippen LogP contribution < -0.4 is 19.5 Å². The summed E-state index contributed by atoms with van der Waals surface area (Å²) in [6.45, 7) is 11.2. The summed E-state index contributed by atoms with van der Waals surface area (Å²) in [5, 5.41) is 2.91. The maximum absolute atomic E-state index is 12.6.